The van der Waals surface area contributed by atoms with Crippen LogP contribution in [0.15, 0.2) is 0 Å². The fourth-order valence-electron chi connectivity index (χ4n) is 1.81. The van der Waals surface area contributed by atoms with Gasteiger partial charge in [0.15, 0.2) is 0 Å². The maximum Gasteiger partial charge on any atom is 0.0597 e. The molecule has 1 fully saturated rings. The average molecular weight is 214 g/mol. The fourth-order valence-corrected chi connectivity index (χ4v) is 1.81. The number of hydrogen-bond donors (Lipinski definition) is 2. The number of nitrogens with one attached hydrogen (secondary N) is 1. The summed E-state index contributed by atoms with van der Waals surface area (Å²) in [7, 11) is 1.93. The van der Waals surface area contributed by atoms with Gasteiger partial charge < -0.3 is 10.4 Å². The highest BCUT2D eigenvalue weighted by Crippen LogP contribution is 2.27. The van der Waals surface area contributed by atoms with Crippen LogP contribution < -0.4 is 5.32 Å². The molecule has 0 saturated heterocycles. The number of hydrogen-bond acceptors (Lipinski definition) is 3. The summed E-state index contributed by atoms with van der Waals surface area (Å²) in [6, 6.07) is 1.03. The Labute approximate surface area is 93.9 Å². The first-order valence-corrected chi connectivity index (χ1v) is 6.19. The highest BCUT2D eigenvalue weighted by atomic mass is 16.3. The summed E-state index contributed by atoms with van der Waals surface area (Å²) in [6.07, 6.45) is 3.96. The number of rotatable bonds is 8. The third-order valence-corrected chi connectivity index (χ3v) is 3.14. The molecule has 0 aromatic rings. The normalized spacial score (nSPS) is 18.8. The molecule has 3 heteroatoms. The molecule has 1 saturated carbocycles. The lowest BCUT2D eigenvalue weighted by molar-refractivity contribution is 0.175. The van der Waals surface area contributed by atoms with Gasteiger partial charge in [0.25, 0.3) is 0 Å². The van der Waals surface area contributed by atoms with E-state index < -0.39 is 0 Å². The van der Waals surface area contributed by atoms with Crippen LogP contribution in [0, 0.1) is 5.92 Å². The summed E-state index contributed by atoms with van der Waals surface area (Å²) in [5.41, 5.74) is 0. The lowest BCUT2D eigenvalue weighted by Crippen LogP contribution is -2.43. The average Bonchev–Trinajstić information content (AvgIpc) is 3.02. The van der Waals surface area contributed by atoms with Crippen LogP contribution in [0.25, 0.3) is 0 Å². The predicted octanol–water partition coefficient (Wildman–Crippen LogP) is 1.08. The predicted molar refractivity (Wildman–Crippen MR) is 64.0 cm³/mol. The van der Waals surface area contributed by atoms with Crippen molar-refractivity contribution in [3.05, 3.63) is 0 Å². The second-order valence-electron chi connectivity index (χ2n) is 5.08. The molecule has 2 N–H and O–H groups in total. The minimum Gasteiger partial charge on any atom is -0.395 e. The molecule has 1 aliphatic rings. The van der Waals surface area contributed by atoms with Gasteiger partial charge in [0, 0.05) is 18.6 Å². The Hall–Kier alpha value is -0.120. The lowest BCUT2D eigenvalue weighted by atomic mass is 10.1. The summed E-state index contributed by atoms with van der Waals surface area (Å²) < 4.78 is 0. The molecule has 0 aromatic heterocycles. The van der Waals surface area contributed by atoms with Crippen molar-refractivity contribution in [3.8, 4) is 0 Å². The Morgan fingerprint density at radius 1 is 1.40 bits per heavy atom. The third-order valence-electron chi connectivity index (χ3n) is 3.14. The first-order chi connectivity index (χ1) is 7.17. The van der Waals surface area contributed by atoms with Crippen LogP contribution in [0.2, 0.25) is 0 Å². The van der Waals surface area contributed by atoms with E-state index in [4.69, 9.17) is 5.11 Å². The fraction of sp³-hybridized carbons (Fsp3) is 1.00. The number of aliphatic hydroxyl groups is 1. The van der Waals surface area contributed by atoms with Crippen molar-refractivity contribution in [1.29, 1.82) is 0 Å². The van der Waals surface area contributed by atoms with Crippen molar-refractivity contribution < 1.29 is 5.11 Å². The van der Waals surface area contributed by atoms with Crippen molar-refractivity contribution >= 4 is 0 Å². The first-order valence-electron chi connectivity index (χ1n) is 6.19. The topological polar surface area (TPSA) is 35.5 Å². The van der Waals surface area contributed by atoms with Gasteiger partial charge in [-0.1, -0.05) is 13.8 Å². The van der Waals surface area contributed by atoms with Gasteiger partial charge in [-0.05, 0) is 38.8 Å². The number of nitrogens with zero attached hydrogens (tertiary/aromatic N) is 1. The van der Waals surface area contributed by atoms with E-state index >= 15 is 0 Å². The molecule has 0 aromatic carbocycles. The van der Waals surface area contributed by atoms with Gasteiger partial charge in [-0.15, -0.1) is 0 Å². The molecule has 0 heterocycles. The van der Waals surface area contributed by atoms with E-state index in [1.165, 1.54) is 25.8 Å². The molecule has 1 aliphatic carbocycles. The van der Waals surface area contributed by atoms with Gasteiger partial charge >= 0.3 is 0 Å². The van der Waals surface area contributed by atoms with Crippen molar-refractivity contribution in [2.75, 3.05) is 26.7 Å². The quantitative estimate of drug-likeness (QED) is 0.634. The Morgan fingerprint density at radius 3 is 2.47 bits per heavy atom. The molecule has 0 amide bonds. The van der Waals surface area contributed by atoms with Gasteiger partial charge in [0.2, 0.25) is 0 Å². The lowest BCUT2D eigenvalue weighted by Gasteiger charge is -2.27. The Kier molecular flexibility index (Phi) is 5.58. The third kappa shape index (κ3) is 4.96. The highest BCUT2D eigenvalue weighted by Gasteiger charge is 2.29. The van der Waals surface area contributed by atoms with E-state index in [0.29, 0.717) is 0 Å². The summed E-state index contributed by atoms with van der Waals surface area (Å²) in [4.78, 5) is 2.54. The van der Waals surface area contributed by atoms with Crippen LogP contribution in [-0.4, -0.2) is 48.8 Å². The Balaban J connectivity index is 2.29. The van der Waals surface area contributed by atoms with E-state index in [1.807, 2.05) is 7.05 Å². The Bertz CT molecular complexity index is 165. The SMILES string of the molecule is CNC(CO)CN(CCC(C)C)C1CC1. The van der Waals surface area contributed by atoms with Gasteiger partial charge in [0.05, 0.1) is 6.61 Å². The van der Waals surface area contributed by atoms with Crippen molar-refractivity contribution in [2.24, 2.45) is 5.92 Å². The van der Waals surface area contributed by atoms with Crippen molar-refractivity contribution in [1.82, 2.24) is 10.2 Å². The molecule has 1 rings (SSSR count). The summed E-state index contributed by atoms with van der Waals surface area (Å²) >= 11 is 0. The van der Waals surface area contributed by atoms with Gasteiger partial charge in [0.1, 0.15) is 0 Å². The van der Waals surface area contributed by atoms with Crippen LogP contribution in [0.5, 0.6) is 0 Å². The maximum absolute atomic E-state index is 9.17. The molecular weight excluding hydrogens is 188 g/mol. The summed E-state index contributed by atoms with van der Waals surface area (Å²) in [5.74, 6) is 0.772. The zero-order valence-corrected chi connectivity index (χ0v) is 10.4. The molecule has 90 valence electrons. The molecule has 0 bridgehead atoms. The zero-order chi connectivity index (χ0) is 11.3. The molecule has 3 nitrogen and oxygen atoms in total. The minimum atomic E-state index is 0.234. The largest absolute Gasteiger partial charge is 0.395 e. The number of aliphatic hydroxyl groups excluding tert-OH is 1. The van der Waals surface area contributed by atoms with Crippen LogP contribution in [0.4, 0.5) is 0 Å². The minimum absolute atomic E-state index is 0.234. The van der Waals surface area contributed by atoms with E-state index in [9.17, 15) is 0 Å². The monoisotopic (exact) mass is 214 g/mol. The Morgan fingerprint density at radius 2 is 2.07 bits per heavy atom. The molecule has 0 spiro atoms. The smallest absolute Gasteiger partial charge is 0.0597 e. The van der Waals surface area contributed by atoms with Crippen LogP contribution in [-0.2, 0) is 0 Å². The number of likely N-dealkylation sites (N-methyl/N-ethyl adjacent to an activating group) is 1. The second kappa shape index (κ2) is 6.46. The van der Waals surface area contributed by atoms with Gasteiger partial charge in [-0.2, -0.15) is 0 Å². The summed E-state index contributed by atoms with van der Waals surface area (Å²) in [5, 5.41) is 12.3. The maximum atomic E-state index is 9.17. The van der Waals surface area contributed by atoms with Gasteiger partial charge in [-0.25, -0.2) is 0 Å². The van der Waals surface area contributed by atoms with E-state index in [0.717, 1.165) is 18.5 Å². The van der Waals surface area contributed by atoms with Gasteiger partial charge in [-0.3, -0.25) is 4.90 Å². The zero-order valence-electron chi connectivity index (χ0n) is 10.4. The van der Waals surface area contributed by atoms with E-state index in [1.54, 1.807) is 0 Å². The van der Waals surface area contributed by atoms with E-state index in [-0.39, 0.29) is 12.6 Å². The molecule has 0 aliphatic heterocycles. The van der Waals surface area contributed by atoms with Crippen LogP contribution >= 0.6 is 0 Å². The highest BCUT2D eigenvalue weighted by molar-refractivity contribution is 4.86. The van der Waals surface area contributed by atoms with Crippen LogP contribution in [0.3, 0.4) is 0 Å². The van der Waals surface area contributed by atoms with E-state index in [2.05, 4.69) is 24.1 Å². The molecule has 1 atom stereocenters. The molecule has 0 radical (unpaired) electrons. The summed E-state index contributed by atoms with van der Waals surface area (Å²) in [6.45, 7) is 6.95. The standard InChI is InChI=1S/C12H26N2O/c1-10(2)6-7-14(12-4-5-12)8-11(9-15)13-3/h10-13,15H,4-9H2,1-3H3. The molecule has 15 heavy (non-hydrogen) atoms. The second-order valence-corrected chi connectivity index (χ2v) is 5.08. The first kappa shape index (κ1) is 12.9. The molecular formula is C12H26N2O. The van der Waals surface area contributed by atoms with Crippen molar-refractivity contribution in [3.63, 3.8) is 0 Å². The molecule has 1 unspecified atom stereocenters. The van der Waals surface area contributed by atoms with Crippen molar-refractivity contribution in [2.45, 2.75) is 45.2 Å². The van der Waals surface area contributed by atoms with Crippen LogP contribution in [0.1, 0.15) is 33.1 Å².